The molecule has 2 amide bonds. The van der Waals surface area contributed by atoms with Gasteiger partial charge in [-0.25, -0.2) is 0 Å². The van der Waals surface area contributed by atoms with Crippen LogP contribution in [0.25, 0.3) is 0 Å². The molecule has 32 heavy (non-hydrogen) atoms. The molecule has 0 radical (unpaired) electrons. The molecule has 7 heteroatoms. The lowest BCUT2D eigenvalue weighted by molar-refractivity contribution is 0.0932. The van der Waals surface area contributed by atoms with Gasteiger partial charge in [-0.3, -0.25) is 14.6 Å². The van der Waals surface area contributed by atoms with E-state index in [1.54, 1.807) is 37.6 Å². The fourth-order valence-electron chi connectivity index (χ4n) is 3.84. The highest BCUT2D eigenvalue weighted by Gasteiger charge is 2.21. The standard InChI is InChI=1S/C25H25N3O4/c1-31-21-4-2-3-18(13-21)25(30)28-20-7-5-17-6-8-22(14-19(17)12-20)32-15-16-9-10-27-23(11-16)24(26)29/h2-4,6,8-11,13-14,20H,5,7,12,15H2,1H3,(H2,26,29)(H,28,30). The number of carbonyl (C=O) groups is 2. The molecule has 0 saturated heterocycles. The van der Waals surface area contributed by atoms with Crippen LogP contribution in [0.5, 0.6) is 11.5 Å². The van der Waals surface area contributed by atoms with Crippen LogP contribution in [-0.2, 0) is 19.4 Å². The number of pyridine rings is 1. The first-order chi connectivity index (χ1) is 15.5. The van der Waals surface area contributed by atoms with E-state index in [0.717, 1.165) is 36.1 Å². The molecule has 0 fully saturated rings. The van der Waals surface area contributed by atoms with E-state index in [-0.39, 0.29) is 17.6 Å². The highest BCUT2D eigenvalue weighted by atomic mass is 16.5. The molecule has 0 spiro atoms. The summed E-state index contributed by atoms with van der Waals surface area (Å²) in [5.74, 6) is 0.724. The number of aromatic nitrogens is 1. The monoisotopic (exact) mass is 431 g/mol. The normalized spacial score (nSPS) is 14.8. The Labute approximate surface area is 186 Å². The lowest BCUT2D eigenvalue weighted by Gasteiger charge is -2.26. The predicted octanol–water partition coefficient (Wildman–Crippen LogP) is 3.06. The average Bonchev–Trinajstić information content (AvgIpc) is 2.82. The predicted molar refractivity (Wildman–Crippen MR) is 120 cm³/mol. The number of aryl methyl sites for hydroxylation is 1. The molecule has 1 atom stereocenters. The van der Waals surface area contributed by atoms with Gasteiger partial charge in [0.1, 0.15) is 23.8 Å². The van der Waals surface area contributed by atoms with E-state index in [2.05, 4.69) is 16.4 Å². The number of primary amides is 1. The van der Waals surface area contributed by atoms with Crippen LogP contribution in [-0.4, -0.2) is 29.9 Å². The van der Waals surface area contributed by atoms with Gasteiger partial charge in [0.2, 0.25) is 0 Å². The fraction of sp³-hybridized carbons (Fsp3) is 0.240. The van der Waals surface area contributed by atoms with E-state index >= 15 is 0 Å². The summed E-state index contributed by atoms with van der Waals surface area (Å²) in [6.07, 6.45) is 4.06. The number of ether oxygens (including phenoxy) is 2. The zero-order valence-electron chi connectivity index (χ0n) is 17.8. The van der Waals surface area contributed by atoms with Gasteiger partial charge in [-0.05, 0) is 78.4 Å². The highest BCUT2D eigenvalue weighted by molar-refractivity contribution is 5.94. The second-order valence-electron chi connectivity index (χ2n) is 7.78. The van der Waals surface area contributed by atoms with E-state index in [9.17, 15) is 9.59 Å². The van der Waals surface area contributed by atoms with Crippen LogP contribution in [0, 0.1) is 0 Å². The van der Waals surface area contributed by atoms with E-state index in [1.807, 2.05) is 24.3 Å². The van der Waals surface area contributed by atoms with E-state index in [1.165, 1.54) is 5.56 Å². The number of nitrogens with zero attached hydrogens (tertiary/aromatic N) is 1. The molecule has 1 aliphatic rings. The second-order valence-corrected chi connectivity index (χ2v) is 7.78. The van der Waals surface area contributed by atoms with Gasteiger partial charge >= 0.3 is 0 Å². The van der Waals surface area contributed by atoms with Gasteiger partial charge in [0.25, 0.3) is 11.8 Å². The van der Waals surface area contributed by atoms with Gasteiger partial charge in [0.15, 0.2) is 0 Å². The molecule has 4 rings (SSSR count). The van der Waals surface area contributed by atoms with Gasteiger partial charge < -0.3 is 20.5 Å². The minimum absolute atomic E-state index is 0.0507. The number of benzene rings is 2. The summed E-state index contributed by atoms with van der Waals surface area (Å²) in [5.41, 5.74) is 9.33. The van der Waals surface area contributed by atoms with Gasteiger partial charge in [-0.1, -0.05) is 12.1 Å². The summed E-state index contributed by atoms with van der Waals surface area (Å²) in [6.45, 7) is 0.303. The third-order valence-electron chi connectivity index (χ3n) is 5.56. The Kier molecular flexibility index (Phi) is 6.35. The van der Waals surface area contributed by atoms with Gasteiger partial charge in [-0.15, -0.1) is 0 Å². The molecule has 1 aromatic heterocycles. The van der Waals surface area contributed by atoms with Crippen molar-refractivity contribution < 1.29 is 19.1 Å². The maximum Gasteiger partial charge on any atom is 0.267 e. The smallest absolute Gasteiger partial charge is 0.267 e. The summed E-state index contributed by atoms with van der Waals surface area (Å²) >= 11 is 0. The Morgan fingerprint density at radius 1 is 1.09 bits per heavy atom. The van der Waals surface area contributed by atoms with Crippen LogP contribution in [0.2, 0.25) is 0 Å². The number of nitrogens with two attached hydrogens (primary N) is 1. The van der Waals surface area contributed by atoms with Crippen LogP contribution in [0.15, 0.2) is 60.8 Å². The fourth-order valence-corrected chi connectivity index (χ4v) is 3.84. The quantitative estimate of drug-likeness (QED) is 0.598. The van der Waals surface area contributed by atoms with Gasteiger partial charge in [0.05, 0.1) is 7.11 Å². The molecule has 3 N–H and O–H groups in total. The number of hydrogen-bond donors (Lipinski definition) is 2. The number of carbonyl (C=O) groups excluding carboxylic acids is 2. The minimum Gasteiger partial charge on any atom is -0.497 e. The van der Waals surface area contributed by atoms with Gasteiger partial charge in [-0.2, -0.15) is 0 Å². The summed E-state index contributed by atoms with van der Waals surface area (Å²) in [5, 5.41) is 3.14. The molecule has 164 valence electrons. The Hall–Kier alpha value is -3.87. The third kappa shape index (κ3) is 5.06. The van der Waals surface area contributed by atoms with E-state index < -0.39 is 5.91 Å². The van der Waals surface area contributed by atoms with Crippen molar-refractivity contribution in [2.45, 2.75) is 31.9 Å². The van der Waals surface area contributed by atoms with Crippen molar-refractivity contribution in [2.24, 2.45) is 5.73 Å². The van der Waals surface area contributed by atoms with Crippen molar-refractivity contribution in [3.8, 4) is 11.5 Å². The Balaban J connectivity index is 1.39. The lowest BCUT2D eigenvalue weighted by Crippen LogP contribution is -2.38. The largest absolute Gasteiger partial charge is 0.497 e. The molecular formula is C25H25N3O4. The van der Waals surface area contributed by atoms with Crippen molar-refractivity contribution in [3.63, 3.8) is 0 Å². The van der Waals surface area contributed by atoms with Gasteiger partial charge in [0, 0.05) is 17.8 Å². The second kappa shape index (κ2) is 9.51. The number of nitrogens with one attached hydrogen (secondary N) is 1. The summed E-state index contributed by atoms with van der Waals surface area (Å²) in [6, 6.07) is 16.7. The molecule has 2 aromatic carbocycles. The lowest BCUT2D eigenvalue weighted by atomic mass is 9.88. The van der Waals surface area contributed by atoms with Crippen LogP contribution in [0.4, 0.5) is 0 Å². The first-order valence-electron chi connectivity index (χ1n) is 10.5. The minimum atomic E-state index is -0.567. The Morgan fingerprint density at radius 2 is 1.97 bits per heavy atom. The number of hydrogen-bond acceptors (Lipinski definition) is 5. The molecule has 0 aliphatic heterocycles. The van der Waals surface area contributed by atoms with Crippen molar-refractivity contribution in [2.75, 3.05) is 7.11 Å². The topological polar surface area (TPSA) is 104 Å². The molecule has 3 aromatic rings. The Morgan fingerprint density at radius 3 is 2.78 bits per heavy atom. The summed E-state index contributed by atoms with van der Waals surface area (Å²) < 4.78 is 11.1. The number of fused-ring (bicyclic) bond motifs is 1. The summed E-state index contributed by atoms with van der Waals surface area (Å²) in [7, 11) is 1.58. The molecule has 1 unspecified atom stereocenters. The van der Waals surface area contributed by atoms with Crippen LogP contribution >= 0.6 is 0 Å². The average molecular weight is 431 g/mol. The van der Waals surface area contributed by atoms with Crippen LogP contribution in [0.3, 0.4) is 0 Å². The molecule has 1 aliphatic carbocycles. The van der Waals surface area contributed by atoms with Crippen LogP contribution in [0.1, 0.15) is 44.0 Å². The zero-order valence-corrected chi connectivity index (χ0v) is 17.8. The SMILES string of the molecule is COc1cccc(C(=O)NC2CCc3ccc(OCc4ccnc(C(N)=O)c4)cc3C2)c1. The highest BCUT2D eigenvalue weighted by Crippen LogP contribution is 2.26. The first kappa shape index (κ1) is 21.4. The van der Waals surface area contributed by atoms with E-state index in [4.69, 9.17) is 15.2 Å². The number of methoxy groups -OCH3 is 1. The van der Waals surface area contributed by atoms with Crippen molar-refractivity contribution >= 4 is 11.8 Å². The van der Waals surface area contributed by atoms with Crippen molar-refractivity contribution in [3.05, 3.63) is 88.7 Å². The summed E-state index contributed by atoms with van der Waals surface area (Å²) in [4.78, 5) is 27.9. The number of rotatable bonds is 7. The molecule has 0 saturated carbocycles. The van der Waals surface area contributed by atoms with Crippen molar-refractivity contribution in [1.82, 2.24) is 10.3 Å². The molecule has 0 bridgehead atoms. The molecule has 1 heterocycles. The third-order valence-corrected chi connectivity index (χ3v) is 5.56. The maximum absolute atomic E-state index is 12.7. The molecular weight excluding hydrogens is 406 g/mol. The first-order valence-corrected chi connectivity index (χ1v) is 10.5. The van der Waals surface area contributed by atoms with E-state index in [0.29, 0.717) is 17.9 Å². The zero-order chi connectivity index (χ0) is 22.5. The molecule has 7 nitrogen and oxygen atoms in total. The van der Waals surface area contributed by atoms with Crippen LogP contribution < -0.4 is 20.5 Å². The Bertz CT molecular complexity index is 1150. The van der Waals surface area contributed by atoms with Crippen molar-refractivity contribution in [1.29, 1.82) is 0 Å². The maximum atomic E-state index is 12.7. The number of amides is 2.